The molecule has 10 heteroatoms. The molecule has 3 aromatic carbocycles. The lowest BCUT2D eigenvalue weighted by molar-refractivity contribution is 0.101. The molecule has 5 rings (SSSR count). The van der Waals surface area contributed by atoms with Gasteiger partial charge in [0.05, 0.1) is 5.69 Å². The van der Waals surface area contributed by atoms with Gasteiger partial charge in [-0.05, 0) is 70.3 Å². The number of amidine groups is 1. The third-order valence-corrected chi connectivity index (χ3v) is 6.31. The van der Waals surface area contributed by atoms with Crippen molar-refractivity contribution in [3.8, 4) is 5.69 Å². The molecule has 0 unspecified atom stereocenters. The van der Waals surface area contributed by atoms with Gasteiger partial charge in [-0.15, -0.1) is 5.10 Å². The average Bonchev–Trinajstić information content (AvgIpc) is 3.35. The fourth-order valence-electron chi connectivity index (χ4n) is 4.21. The molecule has 0 aliphatic carbocycles. The number of anilines is 1. The summed E-state index contributed by atoms with van der Waals surface area (Å²) in [6.07, 6.45) is 1.98. The topological polar surface area (TPSA) is 99.8 Å². The zero-order valence-corrected chi connectivity index (χ0v) is 19.0. The number of nitrogens with one attached hydrogen (secondary N) is 2. The summed E-state index contributed by atoms with van der Waals surface area (Å²) in [6, 6.07) is 14.3. The number of likely N-dealkylation sites (tertiary alicyclic amines) is 1. The molecule has 1 fully saturated rings. The molecule has 2 heterocycles. The normalized spacial score (nSPS) is 14.3. The Kier molecular flexibility index (Phi) is 5.94. The van der Waals surface area contributed by atoms with E-state index in [9.17, 15) is 13.6 Å². The maximum atomic E-state index is 14.9. The number of carbonyl (C=O) groups is 1. The smallest absolute Gasteiger partial charge is 0.295 e. The second-order valence-electron chi connectivity index (χ2n) is 8.73. The highest BCUT2D eigenvalue weighted by Crippen LogP contribution is 2.24. The summed E-state index contributed by atoms with van der Waals surface area (Å²) in [7, 11) is 0. The minimum absolute atomic E-state index is 0.000956. The van der Waals surface area contributed by atoms with E-state index >= 15 is 0 Å². The molecule has 1 amide bonds. The van der Waals surface area contributed by atoms with E-state index in [-0.39, 0.29) is 23.0 Å². The van der Waals surface area contributed by atoms with Gasteiger partial charge in [-0.2, -0.15) is 4.68 Å². The summed E-state index contributed by atoms with van der Waals surface area (Å²) in [5.41, 5.74) is 0.337. The van der Waals surface area contributed by atoms with Crippen LogP contribution in [-0.2, 0) is 0 Å². The molecule has 35 heavy (non-hydrogen) atoms. The molecule has 1 aliphatic heterocycles. The van der Waals surface area contributed by atoms with E-state index in [1.54, 1.807) is 30.3 Å². The highest BCUT2D eigenvalue weighted by Gasteiger charge is 2.23. The maximum Gasteiger partial charge on any atom is 0.295 e. The zero-order chi connectivity index (χ0) is 24.5. The van der Waals surface area contributed by atoms with Crippen molar-refractivity contribution in [2.75, 3.05) is 18.4 Å². The molecular formula is C25H23F2N7O. The molecule has 1 aliphatic rings. The molecule has 8 nitrogen and oxygen atoms in total. The van der Waals surface area contributed by atoms with Gasteiger partial charge < -0.3 is 10.2 Å². The number of fused-ring (bicyclic) bond motifs is 1. The molecule has 2 N–H and O–H groups in total. The van der Waals surface area contributed by atoms with Gasteiger partial charge in [0.2, 0.25) is 5.82 Å². The predicted octanol–water partition coefficient (Wildman–Crippen LogP) is 4.40. The van der Waals surface area contributed by atoms with Crippen LogP contribution in [0.1, 0.15) is 35.9 Å². The summed E-state index contributed by atoms with van der Waals surface area (Å²) in [4.78, 5) is 14.8. The van der Waals surface area contributed by atoms with Crippen molar-refractivity contribution in [1.82, 2.24) is 25.1 Å². The fraction of sp³-hybridized carbons (Fsp3) is 0.240. The minimum Gasteiger partial charge on any atom is -0.357 e. The van der Waals surface area contributed by atoms with Crippen molar-refractivity contribution >= 4 is 28.2 Å². The molecule has 0 spiro atoms. The lowest BCUT2D eigenvalue weighted by Crippen LogP contribution is -2.38. The predicted molar refractivity (Wildman–Crippen MR) is 128 cm³/mol. The SMILES string of the molecule is CC1CCN(C(=N)c2ccc(NC(=O)c3nnnn3-c3cc4ccccc4cc3F)c(F)c2)CC1. The van der Waals surface area contributed by atoms with E-state index in [1.165, 1.54) is 18.2 Å². The van der Waals surface area contributed by atoms with E-state index in [4.69, 9.17) is 5.41 Å². The summed E-state index contributed by atoms with van der Waals surface area (Å²) in [5.74, 6) is -1.52. The molecule has 1 aromatic heterocycles. The van der Waals surface area contributed by atoms with Gasteiger partial charge in [0.1, 0.15) is 23.2 Å². The van der Waals surface area contributed by atoms with Crippen molar-refractivity contribution in [3.63, 3.8) is 0 Å². The Bertz CT molecular complexity index is 1430. The van der Waals surface area contributed by atoms with E-state index < -0.39 is 17.5 Å². The number of halogens is 2. The van der Waals surface area contributed by atoms with Crippen LogP contribution in [0.3, 0.4) is 0 Å². The number of amides is 1. The molecule has 0 saturated carbocycles. The highest BCUT2D eigenvalue weighted by atomic mass is 19.1. The van der Waals surface area contributed by atoms with Gasteiger partial charge in [-0.1, -0.05) is 31.2 Å². The van der Waals surface area contributed by atoms with Crippen LogP contribution in [0, 0.1) is 23.0 Å². The Morgan fingerprint density at radius 2 is 1.74 bits per heavy atom. The fourth-order valence-corrected chi connectivity index (χ4v) is 4.21. The van der Waals surface area contributed by atoms with Crippen molar-refractivity contribution in [2.45, 2.75) is 19.8 Å². The molecule has 0 bridgehead atoms. The Labute approximate surface area is 200 Å². The van der Waals surface area contributed by atoms with Crippen LogP contribution in [0.15, 0.2) is 54.6 Å². The van der Waals surface area contributed by atoms with Crippen LogP contribution in [-0.4, -0.2) is 49.9 Å². The van der Waals surface area contributed by atoms with Gasteiger partial charge in [0.25, 0.3) is 5.91 Å². The Hall–Kier alpha value is -4.21. The lowest BCUT2D eigenvalue weighted by Gasteiger charge is -2.32. The molecular weight excluding hydrogens is 452 g/mol. The van der Waals surface area contributed by atoms with E-state index in [2.05, 4.69) is 27.8 Å². The Morgan fingerprint density at radius 1 is 1.03 bits per heavy atom. The lowest BCUT2D eigenvalue weighted by atomic mass is 9.98. The number of rotatable bonds is 4. The van der Waals surface area contributed by atoms with Gasteiger partial charge >= 0.3 is 0 Å². The third-order valence-electron chi connectivity index (χ3n) is 6.31. The van der Waals surface area contributed by atoms with E-state index in [0.29, 0.717) is 16.9 Å². The minimum atomic E-state index is -0.797. The Balaban J connectivity index is 1.36. The summed E-state index contributed by atoms with van der Waals surface area (Å²) in [6.45, 7) is 3.70. The van der Waals surface area contributed by atoms with E-state index in [1.807, 2.05) is 11.0 Å². The number of piperidine rings is 1. The molecule has 178 valence electrons. The molecule has 0 atom stereocenters. The van der Waals surface area contributed by atoms with Gasteiger partial charge in [0, 0.05) is 18.7 Å². The molecule has 4 aromatic rings. The highest BCUT2D eigenvalue weighted by molar-refractivity contribution is 6.03. The molecule has 1 saturated heterocycles. The van der Waals surface area contributed by atoms with Crippen LogP contribution in [0.5, 0.6) is 0 Å². The van der Waals surface area contributed by atoms with Crippen LogP contribution in [0.2, 0.25) is 0 Å². The van der Waals surface area contributed by atoms with Gasteiger partial charge in [0.15, 0.2) is 0 Å². The van der Waals surface area contributed by atoms with Crippen LogP contribution >= 0.6 is 0 Å². The first-order chi connectivity index (χ1) is 16.9. The first kappa shape index (κ1) is 22.6. The zero-order valence-electron chi connectivity index (χ0n) is 19.0. The number of benzene rings is 3. The van der Waals surface area contributed by atoms with Crippen molar-refractivity contribution in [3.05, 3.63) is 77.6 Å². The first-order valence-electron chi connectivity index (χ1n) is 11.3. The third kappa shape index (κ3) is 4.46. The van der Waals surface area contributed by atoms with E-state index in [0.717, 1.165) is 36.0 Å². The number of nitrogens with zero attached hydrogens (tertiary/aromatic N) is 5. The quantitative estimate of drug-likeness (QED) is 0.337. The monoisotopic (exact) mass is 475 g/mol. The maximum absolute atomic E-state index is 14.9. The summed E-state index contributed by atoms with van der Waals surface area (Å²) >= 11 is 0. The summed E-state index contributed by atoms with van der Waals surface area (Å²) < 4.78 is 30.6. The second kappa shape index (κ2) is 9.21. The standard InChI is InChI=1S/C25H23F2N7O/c1-15-8-10-33(11-9-15)23(28)18-6-7-21(19(26)13-18)29-25(35)24-30-31-32-34(24)22-14-17-5-3-2-4-16(17)12-20(22)27/h2-7,12-15,28H,8-11H2,1H3,(H,29,35). The number of hydrogen-bond donors (Lipinski definition) is 2. The second-order valence-corrected chi connectivity index (χ2v) is 8.73. The first-order valence-corrected chi connectivity index (χ1v) is 11.3. The number of aromatic nitrogens is 4. The number of tetrazole rings is 1. The largest absolute Gasteiger partial charge is 0.357 e. The van der Waals surface area contributed by atoms with Gasteiger partial charge in [-0.25, -0.2) is 8.78 Å². The van der Waals surface area contributed by atoms with Crippen molar-refractivity contribution < 1.29 is 13.6 Å². The number of hydrogen-bond acceptors (Lipinski definition) is 5. The van der Waals surface area contributed by atoms with Crippen LogP contribution < -0.4 is 5.32 Å². The molecule has 0 radical (unpaired) electrons. The van der Waals surface area contributed by atoms with Crippen molar-refractivity contribution in [1.29, 1.82) is 5.41 Å². The van der Waals surface area contributed by atoms with Crippen LogP contribution in [0.4, 0.5) is 14.5 Å². The summed E-state index contributed by atoms with van der Waals surface area (Å²) in [5, 5.41) is 23.3. The van der Waals surface area contributed by atoms with Gasteiger partial charge in [-0.3, -0.25) is 10.2 Å². The average molecular weight is 476 g/mol. The van der Waals surface area contributed by atoms with Crippen LogP contribution in [0.25, 0.3) is 16.5 Å². The van der Waals surface area contributed by atoms with Crippen molar-refractivity contribution in [2.24, 2.45) is 5.92 Å². The Morgan fingerprint density at radius 3 is 2.46 bits per heavy atom. The number of carbonyl (C=O) groups excluding carboxylic acids is 1.